The molecule has 2 aromatic carbocycles. The number of aryl methyl sites for hydroxylation is 2. The first kappa shape index (κ1) is 19.8. The lowest BCUT2D eigenvalue weighted by atomic mass is 10.1. The van der Waals surface area contributed by atoms with E-state index in [-0.39, 0.29) is 11.5 Å². The van der Waals surface area contributed by atoms with Crippen LogP contribution >= 0.6 is 0 Å². The lowest BCUT2D eigenvalue weighted by molar-refractivity contribution is 0.0515. The van der Waals surface area contributed by atoms with Gasteiger partial charge in [-0.3, -0.25) is 0 Å². The van der Waals surface area contributed by atoms with Crippen molar-refractivity contribution in [2.45, 2.75) is 24.7 Å². The van der Waals surface area contributed by atoms with E-state index in [2.05, 4.69) is 5.10 Å². The van der Waals surface area contributed by atoms with Crippen LogP contribution in [-0.2, 0) is 27.4 Å². The monoisotopic (exact) mass is 398 g/mol. The molecule has 0 amide bonds. The maximum absolute atomic E-state index is 12.4. The van der Waals surface area contributed by atoms with Crippen molar-refractivity contribution in [1.29, 1.82) is 0 Å². The highest BCUT2D eigenvalue weighted by Gasteiger charge is 2.18. The third kappa shape index (κ3) is 4.67. The predicted octanol–water partition coefficient (Wildman–Crippen LogP) is 3.24. The molecule has 0 saturated carbocycles. The first-order valence-corrected chi connectivity index (χ1v) is 10.9. The van der Waals surface area contributed by atoms with Crippen LogP contribution in [0.3, 0.4) is 0 Å². The van der Waals surface area contributed by atoms with Gasteiger partial charge >= 0.3 is 5.97 Å². The van der Waals surface area contributed by atoms with Crippen LogP contribution in [0.4, 0.5) is 0 Å². The van der Waals surface area contributed by atoms with Gasteiger partial charge in [0.2, 0.25) is 0 Å². The van der Waals surface area contributed by atoms with Crippen LogP contribution in [0.2, 0.25) is 0 Å². The maximum Gasteiger partial charge on any atom is 0.357 e. The number of benzene rings is 2. The Hall–Kier alpha value is -2.93. The normalized spacial score (nSPS) is 11.4. The summed E-state index contributed by atoms with van der Waals surface area (Å²) in [4.78, 5) is 12.6. The second-order valence-electron chi connectivity index (χ2n) is 6.40. The number of carbonyl (C=O) groups is 1. The number of esters is 1. The van der Waals surface area contributed by atoms with E-state index in [4.69, 9.17) is 4.74 Å². The molecule has 0 N–H and O–H groups in total. The molecule has 6 nitrogen and oxygen atoms in total. The lowest BCUT2D eigenvalue weighted by Crippen LogP contribution is -2.12. The number of aromatic nitrogens is 2. The van der Waals surface area contributed by atoms with E-state index >= 15 is 0 Å². The summed E-state index contributed by atoms with van der Waals surface area (Å²) >= 11 is 0. The molecule has 7 heteroatoms. The third-order valence-electron chi connectivity index (χ3n) is 4.27. The van der Waals surface area contributed by atoms with Crippen LogP contribution in [0.5, 0.6) is 0 Å². The van der Waals surface area contributed by atoms with E-state index in [0.717, 1.165) is 18.4 Å². The molecule has 146 valence electrons. The minimum atomic E-state index is -3.29. The van der Waals surface area contributed by atoms with E-state index in [1.165, 1.54) is 22.4 Å². The Kier molecular flexibility index (Phi) is 5.94. The van der Waals surface area contributed by atoms with Gasteiger partial charge in [-0.25, -0.2) is 17.9 Å². The Morgan fingerprint density at radius 2 is 1.71 bits per heavy atom. The lowest BCUT2D eigenvalue weighted by Gasteiger charge is -2.07. The Labute approximate surface area is 164 Å². The molecule has 0 atom stereocenters. The standard InChI is InChI=1S/C21H22N2O4S/c1-3-27-21(24)20-15-17(10-9-16-7-5-4-6-8-16)22-23(20)18-11-13-19(14-12-18)28(2,25)26/h4-8,11-15H,3,9-10H2,1-2H3. The van der Waals surface area contributed by atoms with Crippen LogP contribution in [0.1, 0.15) is 28.7 Å². The third-order valence-corrected chi connectivity index (χ3v) is 5.40. The van der Waals surface area contributed by atoms with Crippen LogP contribution in [-0.4, -0.2) is 37.0 Å². The molecular formula is C21H22N2O4S. The van der Waals surface area contributed by atoms with E-state index in [1.54, 1.807) is 25.1 Å². The van der Waals surface area contributed by atoms with E-state index in [1.807, 2.05) is 30.3 Å². The van der Waals surface area contributed by atoms with Gasteiger partial charge in [-0.2, -0.15) is 5.10 Å². The Morgan fingerprint density at radius 1 is 1.04 bits per heavy atom. The number of nitrogens with zero attached hydrogens (tertiary/aromatic N) is 2. The molecule has 3 rings (SSSR count). The largest absolute Gasteiger partial charge is 0.461 e. The number of hydrogen-bond donors (Lipinski definition) is 0. The number of carbonyl (C=O) groups excluding carboxylic acids is 1. The van der Waals surface area contributed by atoms with Crippen molar-refractivity contribution >= 4 is 15.8 Å². The first-order valence-electron chi connectivity index (χ1n) is 8.99. The number of rotatable bonds is 7. The fraction of sp³-hybridized carbons (Fsp3) is 0.238. The van der Waals surface area contributed by atoms with Gasteiger partial charge in [-0.15, -0.1) is 0 Å². The van der Waals surface area contributed by atoms with Crippen molar-refractivity contribution in [1.82, 2.24) is 9.78 Å². The number of sulfone groups is 1. The van der Waals surface area contributed by atoms with Crippen molar-refractivity contribution in [3.63, 3.8) is 0 Å². The Bertz CT molecular complexity index is 1060. The molecule has 0 aliphatic rings. The second-order valence-corrected chi connectivity index (χ2v) is 8.42. The summed E-state index contributed by atoms with van der Waals surface area (Å²) in [5.74, 6) is -0.465. The molecule has 1 aromatic heterocycles. The molecule has 0 aliphatic carbocycles. The Balaban J connectivity index is 1.92. The van der Waals surface area contributed by atoms with Gasteiger partial charge in [0.25, 0.3) is 0 Å². The minimum Gasteiger partial charge on any atom is -0.461 e. The summed E-state index contributed by atoms with van der Waals surface area (Å²) in [7, 11) is -3.29. The van der Waals surface area contributed by atoms with Gasteiger partial charge in [0.05, 0.1) is 22.9 Å². The van der Waals surface area contributed by atoms with Gasteiger partial charge < -0.3 is 4.74 Å². The van der Waals surface area contributed by atoms with E-state index in [0.29, 0.717) is 17.8 Å². The van der Waals surface area contributed by atoms with Crippen molar-refractivity contribution in [3.8, 4) is 5.69 Å². The highest BCUT2D eigenvalue weighted by molar-refractivity contribution is 7.90. The molecular weight excluding hydrogens is 376 g/mol. The zero-order valence-electron chi connectivity index (χ0n) is 15.8. The molecule has 0 unspecified atom stereocenters. The van der Waals surface area contributed by atoms with Gasteiger partial charge in [0.15, 0.2) is 15.5 Å². The summed E-state index contributed by atoms with van der Waals surface area (Å²) in [6, 6.07) is 18.0. The average molecular weight is 398 g/mol. The van der Waals surface area contributed by atoms with Crippen LogP contribution in [0.15, 0.2) is 65.6 Å². The maximum atomic E-state index is 12.4. The SMILES string of the molecule is CCOC(=O)c1cc(CCc2ccccc2)nn1-c1ccc(S(C)(=O)=O)cc1. The number of ether oxygens (including phenoxy) is 1. The zero-order chi connectivity index (χ0) is 20.1. The minimum absolute atomic E-state index is 0.213. The molecule has 28 heavy (non-hydrogen) atoms. The molecule has 0 aliphatic heterocycles. The fourth-order valence-electron chi connectivity index (χ4n) is 2.85. The Morgan fingerprint density at radius 3 is 2.32 bits per heavy atom. The molecule has 0 bridgehead atoms. The highest BCUT2D eigenvalue weighted by Crippen LogP contribution is 2.18. The van der Waals surface area contributed by atoms with Crippen molar-refractivity contribution in [3.05, 3.63) is 77.6 Å². The fourth-order valence-corrected chi connectivity index (χ4v) is 3.48. The first-order chi connectivity index (χ1) is 13.4. The molecule has 0 saturated heterocycles. The predicted molar refractivity (Wildman–Crippen MR) is 106 cm³/mol. The second kappa shape index (κ2) is 8.39. The molecule has 1 heterocycles. The molecule has 3 aromatic rings. The summed E-state index contributed by atoms with van der Waals surface area (Å²) in [5, 5.41) is 4.56. The summed E-state index contributed by atoms with van der Waals surface area (Å²) in [5.41, 5.74) is 2.87. The zero-order valence-corrected chi connectivity index (χ0v) is 16.6. The highest BCUT2D eigenvalue weighted by atomic mass is 32.2. The van der Waals surface area contributed by atoms with Crippen molar-refractivity contribution in [2.24, 2.45) is 0 Å². The smallest absolute Gasteiger partial charge is 0.357 e. The van der Waals surface area contributed by atoms with Crippen LogP contribution < -0.4 is 0 Å². The van der Waals surface area contributed by atoms with E-state index in [9.17, 15) is 13.2 Å². The topological polar surface area (TPSA) is 78.3 Å². The quantitative estimate of drug-likeness (QED) is 0.571. The summed E-state index contributed by atoms with van der Waals surface area (Å²) in [6.45, 7) is 2.01. The van der Waals surface area contributed by atoms with Gasteiger partial charge in [0, 0.05) is 6.26 Å². The average Bonchev–Trinajstić information content (AvgIpc) is 3.11. The van der Waals surface area contributed by atoms with Crippen molar-refractivity contribution in [2.75, 3.05) is 12.9 Å². The molecule has 0 fully saturated rings. The van der Waals surface area contributed by atoms with Gasteiger partial charge in [0.1, 0.15) is 0 Å². The van der Waals surface area contributed by atoms with Gasteiger partial charge in [-0.1, -0.05) is 30.3 Å². The van der Waals surface area contributed by atoms with Crippen LogP contribution in [0, 0.1) is 0 Å². The molecule has 0 radical (unpaired) electrons. The molecule has 0 spiro atoms. The number of hydrogen-bond acceptors (Lipinski definition) is 5. The van der Waals surface area contributed by atoms with Crippen molar-refractivity contribution < 1.29 is 17.9 Å². The van der Waals surface area contributed by atoms with Gasteiger partial charge in [-0.05, 0) is 55.7 Å². The van der Waals surface area contributed by atoms with Crippen LogP contribution in [0.25, 0.3) is 5.69 Å². The van der Waals surface area contributed by atoms with E-state index < -0.39 is 15.8 Å². The summed E-state index contributed by atoms with van der Waals surface area (Å²) < 4.78 is 30.0. The summed E-state index contributed by atoms with van der Waals surface area (Å²) in [6.07, 6.45) is 2.62.